The second-order valence-electron chi connectivity index (χ2n) is 7.05. The van der Waals surface area contributed by atoms with Gasteiger partial charge in [-0.15, -0.1) is 0 Å². The van der Waals surface area contributed by atoms with Crippen molar-refractivity contribution in [2.45, 2.75) is 32.7 Å². The molecule has 0 aromatic heterocycles. The monoisotopic (exact) mass is 350 g/mol. The average molecular weight is 351 g/mol. The summed E-state index contributed by atoms with van der Waals surface area (Å²) in [6.45, 7) is 3.52. The maximum absolute atomic E-state index is 12.3. The molecule has 1 aromatic carbocycles. The zero-order valence-corrected chi connectivity index (χ0v) is 14.2. The maximum Gasteiger partial charge on any atom is 0.307 e. The molecule has 7 heteroatoms. The Morgan fingerprint density at radius 1 is 1.21 bits per heavy atom. The van der Waals surface area contributed by atoms with Crippen LogP contribution >= 0.6 is 11.6 Å². The molecule has 0 saturated heterocycles. The topological polar surface area (TPSA) is 95.5 Å². The molecular weight excluding hydrogens is 332 g/mol. The highest BCUT2D eigenvalue weighted by molar-refractivity contribution is 6.34. The first-order chi connectivity index (χ1) is 11.2. The first-order valence-corrected chi connectivity index (χ1v) is 8.23. The van der Waals surface area contributed by atoms with Crippen molar-refractivity contribution in [2.24, 2.45) is 17.3 Å². The fraction of sp³-hybridized carbons (Fsp3) is 0.471. The van der Waals surface area contributed by atoms with E-state index in [1.165, 1.54) is 6.07 Å². The van der Waals surface area contributed by atoms with E-state index in [4.69, 9.17) is 16.7 Å². The Morgan fingerprint density at radius 2 is 1.88 bits per heavy atom. The van der Waals surface area contributed by atoms with Crippen molar-refractivity contribution in [2.75, 3.05) is 5.32 Å². The Kier molecular flexibility index (Phi) is 4.03. The van der Waals surface area contributed by atoms with Gasteiger partial charge in [0.2, 0.25) is 5.91 Å². The molecule has 0 spiro atoms. The van der Waals surface area contributed by atoms with Crippen LogP contribution in [0.1, 0.15) is 37.0 Å². The summed E-state index contributed by atoms with van der Waals surface area (Å²) in [6.07, 6.45) is 1.97. The molecule has 0 heterocycles. The van der Waals surface area contributed by atoms with Gasteiger partial charge < -0.3 is 15.7 Å². The number of carboxylic acid groups (broad SMARTS) is 1. The minimum atomic E-state index is -0.967. The molecule has 2 fully saturated rings. The number of hydrogen-bond donors (Lipinski definition) is 3. The van der Waals surface area contributed by atoms with Gasteiger partial charge in [-0.25, -0.2) is 0 Å². The molecule has 3 rings (SSSR count). The predicted molar refractivity (Wildman–Crippen MR) is 89.0 cm³/mol. The highest BCUT2D eigenvalue weighted by Gasteiger charge is 2.65. The van der Waals surface area contributed by atoms with Gasteiger partial charge in [-0.05, 0) is 36.5 Å². The molecule has 2 atom stereocenters. The molecule has 0 aliphatic heterocycles. The summed E-state index contributed by atoms with van der Waals surface area (Å²) in [7, 11) is 0. The van der Waals surface area contributed by atoms with Crippen LogP contribution in [0, 0.1) is 17.3 Å². The molecule has 6 nitrogen and oxygen atoms in total. The van der Waals surface area contributed by atoms with Crippen LogP contribution in [0.4, 0.5) is 5.69 Å². The van der Waals surface area contributed by atoms with E-state index in [1.54, 1.807) is 26.0 Å². The Morgan fingerprint density at radius 3 is 2.38 bits per heavy atom. The van der Waals surface area contributed by atoms with Gasteiger partial charge in [0.15, 0.2) is 0 Å². The van der Waals surface area contributed by atoms with E-state index in [0.29, 0.717) is 11.3 Å². The van der Waals surface area contributed by atoms with Crippen LogP contribution in [0.15, 0.2) is 18.2 Å². The van der Waals surface area contributed by atoms with Gasteiger partial charge in [-0.2, -0.15) is 0 Å². The van der Waals surface area contributed by atoms with Crippen molar-refractivity contribution < 1.29 is 19.5 Å². The molecule has 0 unspecified atom stereocenters. The molecule has 0 bridgehead atoms. The summed E-state index contributed by atoms with van der Waals surface area (Å²) in [5, 5.41) is 14.9. The molecule has 0 radical (unpaired) electrons. The summed E-state index contributed by atoms with van der Waals surface area (Å²) in [5.41, 5.74) is 0.237. The number of rotatable bonds is 5. The van der Waals surface area contributed by atoms with Crippen molar-refractivity contribution in [3.63, 3.8) is 0 Å². The lowest BCUT2D eigenvalue weighted by atomic mass is 10.1. The third-order valence-corrected chi connectivity index (χ3v) is 5.08. The van der Waals surface area contributed by atoms with Crippen LogP contribution in [0.2, 0.25) is 5.02 Å². The van der Waals surface area contributed by atoms with Crippen molar-refractivity contribution in [1.29, 1.82) is 0 Å². The third kappa shape index (κ3) is 3.11. The number of carboxylic acids is 1. The van der Waals surface area contributed by atoms with Gasteiger partial charge in [0.25, 0.3) is 5.91 Å². The van der Waals surface area contributed by atoms with Crippen molar-refractivity contribution in [1.82, 2.24) is 5.32 Å². The van der Waals surface area contributed by atoms with Crippen LogP contribution < -0.4 is 10.6 Å². The lowest BCUT2D eigenvalue weighted by molar-refractivity contribution is -0.140. The fourth-order valence-corrected chi connectivity index (χ4v) is 3.34. The minimum absolute atomic E-state index is 0.227. The number of aliphatic carboxylic acids is 1. The Hall–Kier alpha value is -2.08. The lowest BCUT2D eigenvalue weighted by Crippen LogP contribution is -2.25. The van der Waals surface area contributed by atoms with Gasteiger partial charge in [0, 0.05) is 11.7 Å². The number of amides is 2. The minimum Gasteiger partial charge on any atom is -0.481 e. The third-order valence-electron chi connectivity index (χ3n) is 4.77. The van der Waals surface area contributed by atoms with Gasteiger partial charge in [0.1, 0.15) is 0 Å². The van der Waals surface area contributed by atoms with E-state index >= 15 is 0 Å². The summed E-state index contributed by atoms with van der Waals surface area (Å²) >= 11 is 6.14. The molecule has 2 amide bonds. The quantitative estimate of drug-likeness (QED) is 0.760. The van der Waals surface area contributed by atoms with Crippen molar-refractivity contribution >= 4 is 35.1 Å². The van der Waals surface area contributed by atoms with Gasteiger partial charge >= 0.3 is 5.97 Å². The second-order valence-corrected chi connectivity index (χ2v) is 7.45. The summed E-state index contributed by atoms with van der Waals surface area (Å²) in [4.78, 5) is 35.5. The second kappa shape index (κ2) is 5.77. The van der Waals surface area contributed by atoms with Crippen LogP contribution in [0.3, 0.4) is 0 Å². The first-order valence-electron chi connectivity index (χ1n) is 7.86. The number of nitrogens with one attached hydrogen (secondary N) is 2. The predicted octanol–water partition coefficient (Wildman–Crippen LogP) is 2.53. The molecular formula is C17H19ClN2O4. The largest absolute Gasteiger partial charge is 0.481 e. The van der Waals surface area contributed by atoms with E-state index in [-0.39, 0.29) is 22.9 Å². The number of halogens is 1. The van der Waals surface area contributed by atoms with E-state index in [0.717, 1.165) is 12.8 Å². The lowest BCUT2D eigenvalue weighted by Gasteiger charge is -2.09. The Bertz CT molecular complexity index is 727. The molecule has 24 heavy (non-hydrogen) atoms. The number of benzene rings is 1. The van der Waals surface area contributed by atoms with Crippen molar-refractivity contribution in [3.05, 3.63) is 28.8 Å². The summed E-state index contributed by atoms with van der Waals surface area (Å²) in [6, 6.07) is 4.89. The fourth-order valence-electron chi connectivity index (χ4n) is 3.08. The molecule has 128 valence electrons. The zero-order chi connectivity index (χ0) is 17.6. The number of carbonyl (C=O) groups is 3. The normalized spacial score (nSPS) is 24.1. The standard InChI is InChI=1S/C17H19ClN2O4/c1-17(2)12(13(17)16(23)24)15(22)20-9-5-6-10(11(18)7-9)14(21)19-8-3-4-8/h5-8,12-13H,3-4H2,1-2H3,(H,19,21)(H,20,22)(H,23,24)/t12-,13+/m1/s1. The zero-order valence-electron chi connectivity index (χ0n) is 13.4. The highest BCUT2D eigenvalue weighted by Crippen LogP contribution is 2.58. The van der Waals surface area contributed by atoms with E-state index in [1.807, 2.05) is 0 Å². The van der Waals surface area contributed by atoms with E-state index in [2.05, 4.69) is 10.6 Å². The summed E-state index contributed by atoms with van der Waals surface area (Å²) < 4.78 is 0. The van der Waals surface area contributed by atoms with E-state index < -0.39 is 23.2 Å². The van der Waals surface area contributed by atoms with Gasteiger partial charge in [0.05, 0.1) is 22.4 Å². The molecule has 2 saturated carbocycles. The summed E-state index contributed by atoms with van der Waals surface area (Å²) in [5.74, 6) is -2.80. The number of hydrogen-bond acceptors (Lipinski definition) is 3. The smallest absolute Gasteiger partial charge is 0.307 e. The van der Waals surface area contributed by atoms with Crippen LogP contribution in [0.5, 0.6) is 0 Å². The van der Waals surface area contributed by atoms with Crippen molar-refractivity contribution in [3.8, 4) is 0 Å². The van der Waals surface area contributed by atoms with Crippen LogP contribution in [-0.4, -0.2) is 28.9 Å². The van der Waals surface area contributed by atoms with Crippen LogP contribution in [-0.2, 0) is 9.59 Å². The SMILES string of the molecule is CC1(C)[C@H](C(=O)O)[C@@H]1C(=O)Nc1ccc(C(=O)NC2CC2)c(Cl)c1. The van der Waals surface area contributed by atoms with E-state index in [9.17, 15) is 14.4 Å². The number of carbonyl (C=O) groups excluding carboxylic acids is 2. The molecule has 2 aliphatic rings. The van der Waals surface area contributed by atoms with Crippen LogP contribution in [0.25, 0.3) is 0 Å². The number of anilines is 1. The molecule has 1 aromatic rings. The molecule has 2 aliphatic carbocycles. The molecule has 3 N–H and O–H groups in total. The van der Waals surface area contributed by atoms with Gasteiger partial charge in [-0.1, -0.05) is 25.4 Å². The Balaban J connectivity index is 1.67. The van der Waals surface area contributed by atoms with Gasteiger partial charge in [-0.3, -0.25) is 14.4 Å². The highest BCUT2D eigenvalue weighted by atomic mass is 35.5. The Labute approximate surface area is 144 Å². The maximum atomic E-state index is 12.3. The average Bonchev–Trinajstić information content (AvgIpc) is 3.35. The first kappa shape index (κ1) is 16.8.